The van der Waals surface area contributed by atoms with Gasteiger partial charge in [0.2, 0.25) is 0 Å². The standard InChI is InChI=1S/C28H32N6O2/c1-32(2)18-20-4-6-21(7-5-20)28(35)31-27-15-24-14-22(8-9-23(24)16-29-27)25-17-30-33(3)26(25)19-34-10-12-36-13-11-34/h4-9,14-17H,10-13,18-19H2,1-3H3,(H,29,31,35). The van der Waals surface area contributed by atoms with E-state index in [2.05, 4.69) is 43.4 Å². The molecule has 8 nitrogen and oxygen atoms in total. The number of rotatable bonds is 7. The highest BCUT2D eigenvalue weighted by Crippen LogP contribution is 2.29. The van der Waals surface area contributed by atoms with Crippen LogP contribution in [0, 0.1) is 0 Å². The Morgan fingerprint density at radius 3 is 2.56 bits per heavy atom. The Kier molecular flexibility index (Phi) is 7.09. The number of benzene rings is 2. The number of ether oxygens (including phenoxy) is 1. The molecule has 3 heterocycles. The zero-order chi connectivity index (χ0) is 25.1. The molecular weight excluding hydrogens is 452 g/mol. The van der Waals surface area contributed by atoms with Crippen molar-refractivity contribution in [1.82, 2.24) is 24.6 Å². The number of morpholine rings is 1. The molecule has 1 N–H and O–H groups in total. The first-order chi connectivity index (χ1) is 17.5. The lowest BCUT2D eigenvalue weighted by molar-refractivity contribution is 0.0332. The summed E-state index contributed by atoms with van der Waals surface area (Å²) in [6.45, 7) is 5.06. The van der Waals surface area contributed by atoms with Crippen molar-refractivity contribution in [2.75, 3.05) is 45.7 Å². The highest BCUT2D eigenvalue weighted by molar-refractivity contribution is 6.04. The molecule has 0 atom stereocenters. The molecule has 2 aromatic heterocycles. The molecule has 1 fully saturated rings. The SMILES string of the molecule is CN(C)Cc1ccc(C(=O)Nc2cc3cc(-c4cnn(C)c4CN4CCOCC4)ccc3cn2)cc1. The predicted octanol–water partition coefficient (Wildman–Crippen LogP) is 3.78. The van der Waals surface area contributed by atoms with Gasteiger partial charge in [0.05, 0.1) is 25.1 Å². The number of nitrogens with zero attached hydrogens (tertiary/aromatic N) is 5. The highest BCUT2D eigenvalue weighted by Gasteiger charge is 2.17. The molecule has 5 rings (SSSR count). The first-order valence-electron chi connectivity index (χ1n) is 12.2. The summed E-state index contributed by atoms with van der Waals surface area (Å²) in [4.78, 5) is 21.8. The van der Waals surface area contributed by atoms with Gasteiger partial charge in [0.15, 0.2) is 0 Å². The van der Waals surface area contributed by atoms with E-state index in [0.717, 1.165) is 66.9 Å². The molecule has 1 saturated heterocycles. The number of fused-ring (bicyclic) bond motifs is 1. The van der Waals surface area contributed by atoms with Crippen molar-refractivity contribution in [3.05, 3.63) is 77.7 Å². The van der Waals surface area contributed by atoms with Crippen LogP contribution in [0.5, 0.6) is 0 Å². The lowest BCUT2D eigenvalue weighted by Crippen LogP contribution is -2.36. The monoisotopic (exact) mass is 484 g/mol. The van der Waals surface area contributed by atoms with E-state index in [-0.39, 0.29) is 5.91 Å². The summed E-state index contributed by atoms with van der Waals surface area (Å²) in [5, 5.41) is 9.51. The molecule has 0 unspecified atom stereocenters. The Morgan fingerprint density at radius 2 is 1.81 bits per heavy atom. The third-order valence-electron chi connectivity index (χ3n) is 6.53. The second kappa shape index (κ2) is 10.6. The third-order valence-corrected chi connectivity index (χ3v) is 6.53. The van der Waals surface area contributed by atoms with Crippen molar-refractivity contribution in [3.63, 3.8) is 0 Å². The Hall–Kier alpha value is -3.59. The molecule has 0 bridgehead atoms. The smallest absolute Gasteiger partial charge is 0.256 e. The molecule has 1 aliphatic heterocycles. The highest BCUT2D eigenvalue weighted by atomic mass is 16.5. The van der Waals surface area contributed by atoms with E-state index in [4.69, 9.17) is 4.74 Å². The number of hydrogen-bond acceptors (Lipinski definition) is 6. The topological polar surface area (TPSA) is 75.5 Å². The van der Waals surface area contributed by atoms with Gasteiger partial charge < -0.3 is 15.0 Å². The van der Waals surface area contributed by atoms with Crippen molar-refractivity contribution in [2.45, 2.75) is 13.1 Å². The van der Waals surface area contributed by atoms with Crippen LogP contribution >= 0.6 is 0 Å². The molecule has 4 aromatic rings. The van der Waals surface area contributed by atoms with E-state index in [1.165, 1.54) is 5.69 Å². The lowest BCUT2D eigenvalue weighted by Gasteiger charge is -2.27. The summed E-state index contributed by atoms with van der Waals surface area (Å²) < 4.78 is 7.45. The molecule has 2 aromatic carbocycles. The van der Waals surface area contributed by atoms with Crippen LogP contribution in [-0.4, -0.2) is 70.9 Å². The van der Waals surface area contributed by atoms with Crippen LogP contribution in [0.1, 0.15) is 21.6 Å². The maximum atomic E-state index is 12.8. The molecule has 36 heavy (non-hydrogen) atoms. The van der Waals surface area contributed by atoms with Crippen LogP contribution in [0.3, 0.4) is 0 Å². The summed E-state index contributed by atoms with van der Waals surface area (Å²) in [6, 6.07) is 15.9. The normalized spacial score (nSPS) is 14.4. The number of aryl methyl sites for hydroxylation is 1. The van der Waals surface area contributed by atoms with Crippen molar-refractivity contribution in [1.29, 1.82) is 0 Å². The minimum absolute atomic E-state index is 0.172. The number of pyridine rings is 1. The van der Waals surface area contributed by atoms with Crippen LogP contribution in [-0.2, 0) is 24.9 Å². The Balaban J connectivity index is 1.36. The minimum atomic E-state index is -0.172. The molecule has 0 aliphatic carbocycles. The maximum absolute atomic E-state index is 12.8. The second-order valence-corrected chi connectivity index (χ2v) is 9.54. The number of aromatic nitrogens is 3. The summed E-state index contributed by atoms with van der Waals surface area (Å²) in [5.74, 6) is 0.358. The van der Waals surface area contributed by atoms with Crippen LogP contribution in [0.2, 0.25) is 0 Å². The number of amides is 1. The molecule has 0 spiro atoms. The van der Waals surface area contributed by atoms with Crippen LogP contribution < -0.4 is 5.32 Å². The molecule has 186 valence electrons. The first kappa shape index (κ1) is 24.1. The average Bonchev–Trinajstić information content (AvgIpc) is 3.24. The van der Waals surface area contributed by atoms with Gasteiger partial charge in [-0.2, -0.15) is 5.10 Å². The van der Waals surface area contributed by atoms with E-state index in [9.17, 15) is 4.79 Å². The van der Waals surface area contributed by atoms with Gasteiger partial charge in [-0.25, -0.2) is 4.98 Å². The quantitative estimate of drug-likeness (QED) is 0.430. The van der Waals surface area contributed by atoms with Gasteiger partial charge in [-0.15, -0.1) is 0 Å². The van der Waals surface area contributed by atoms with Crippen molar-refractivity contribution < 1.29 is 9.53 Å². The average molecular weight is 485 g/mol. The zero-order valence-electron chi connectivity index (χ0n) is 21.1. The molecule has 1 aliphatic rings. The Bertz CT molecular complexity index is 1360. The Labute approximate surface area is 211 Å². The van der Waals surface area contributed by atoms with Gasteiger partial charge in [0, 0.05) is 55.9 Å². The lowest BCUT2D eigenvalue weighted by atomic mass is 10.0. The molecule has 8 heteroatoms. The summed E-state index contributed by atoms with van der Waals surface area (Å²) >= 11 is 0. The maximum Gasteiger partial charge on any atom is 0.256 e. The third kappa shape index (κ3) is 5.46. The number of hydrogen-bond donors (Lipinski definition) is 1. The van der Waals surface area contributed by atoms with E-state index in [1.54, 1.807) is 6.20 Å². The summed E-state index contributed by atoms with van der Waals surface area (Å²) in [6.07, 6.45) is 3.73. The van der Waals surface area contributed by atoms with E-state index in [1.807, 2.05) is 62.4 Å². The second-order valence-electron chi connectivity index (χ2n) is 9.54. The number of carbonyl (C=O) groups is 1. The van der Waals surface area contributed by atoms with Gasteiger partial charge >= 0.3 is 0 Å². The van der Waals surface area contributed by atoms with Gasteiger partial charge in [0.1, 0.15) is 5.82 Å². The Morgan fingerprint density at radius 1 is 1.03 bits per heavy atom. The van der Waals surface area contributed by atoms with E-state index < -0.39 is 0 Å². The fourth-order valence-corrected chi connectivity index (χ4v) is 4.55. The largest absolute Gasteiger partial charge is 0.379 e. The first-order valence-corrected chi connectivity index (χ1v) is 12.2. The fraction of sp³-hybridized carbons (Fsp3) is 0.321. The van der Waals surface area contributed by atoms with Gasteiger partial charge in [0.25, 0.3) is 5.91 Å². The molecule has 0 saturated carbocycles. The predicted molar refractivity (Wildman–Crippen MR) is 142 cm³/mol. The fourth-order valence-electron chi connectivity index (χ4n) is 4.55. The number of nitrogens with one attached hydrogen (secondary N) is 1. The van der Waals surface area contributed by atoms with Crippen molar-refractivity contribution in [2.24, 2.45) is 7.05 Å². The zero-order valence-corrected chi connectivity index (χ0v) is 21.1. The molecule has 0 radical (unpaired) electrons. The van der Waals surface area contributed by atoms with Crippen LogP contribution in [0.15, 0.2) is 60.9 Å². The summed E-state index contributed by atoms with van der Waals surface area (Å²) in [5.41, 5.74) is 5.16. The van der Waals surface area contributed by atoms with Gasteiger partial charge in [-0.3, -0.25) is 14.4 Å². The van der Waals surface area contributed by atoms with E-state index >= 15 is 0 Å². The van der Waals surface area contributed by atoms with Gasteiger partial charge in [-0.05, 0) is 54.9 Å². The van der Waals surface area contributed by atoms with Crippen molar-refractivity contribution in [3.8, 4) is 11.1 Å². The minimum Gasteiger partial charge on any atom is -0.379 e. The van der Waals surface area contributed by atoms with E-state index in [0.29, 0.717) is 11.4 Å². The molecular formula is C28H32N6O2. The number of carbonyl (C=O) groups excluding carboxylic acids is 1. The van der Waals surface area contributed by atoms with Gasteiger partial charge in [-0.1, -0.05) is 24.3 Å². The molecule has 1 amide bonds. The van der Waals surface area contributed by atoms with Crippen LogP contribution in [0.25, 0.3) is 21.9 Å². The van der Waals surface area contributed by atoms with Crippen LogP contribution in [0.4, 0.5) is 5.82 Å². The number of anilines is 1. The van der Waals surface area contributed by atoms with Crippen molar-refractivity contribution >= 4 is 22.5 Å². The summed E-state index contributed by atoms with van der Waals surface area (Å²) in [7, 11) is 6.04.